The Labute approximate surface area is 82.2 Å². The zero-order chi connectivity index (χ0) is 8.43. The van der Waals surface area contributed by atoms with Crippen molar-refractivity contribution in [2.24, 2.45) is 5.92 Å². The van der Waals surface area contributed by atoms with E-state index in [-0.39, 0.29) is 41.1 Å². The van der Waals surface area contributed by atoms with Crippen LogP contribution in [0, 0.1) is 5.92 Å². The molecule has 0 bridgehead atoms. The fourth-order valence-electron chi connectivity index (χ4n) is 1.18. The molecule has 2 atom stereocenters. The Morgan fingerprint density at radius 3 is 2.50 bits per heavy atom. The molecule has 0 aromatic rings. The van der Waals surface area contributed by atoms with Gasteiger partial charge in [0.2, 0.25) is 11.8 Å². The summed E-state index contributed by atoms with van der Waals surface area (Å²) in [6, 6.07) is 0.0708. The fourth-order valence-corrected chi connectivity index (χ4v) is 1.18. The van der Waals surface area contributed by atoms with Gasteiger partial charge in [0.1, 0.15) is 0 Å². The van der Waals surface area contributed by atoms with Crippen LogP contribution < -0.4 is 10.6 Å². The van der Waals surface area contributed by atoms with E-state index in [9.17, 15) is 9.59 Å². The molecule has 0 aromatic carbocycles. The van der Waals surface area contributed by atoms with Crippen molar-refractivity contribution in [3.8, 4) is 0 Å². The quantitative estimate of drug-likeness (QED) is 0.390. The second-order valence-corrected chi connectivity index (χ2v) is 2.80. The van der Waals surface area contributed by atoms with Gasteiger partial charge in [-0.15, -0.1) is 0 Å². The molecule has 4 nitrogen and oxygen atoms in total. The maximum absolute atomic E-state index is 11.0. The van der Waals surface area contributed by atoms with E-state index in [1.807, 2.05) is 6.92 Å². The number of carbonyl (C=O) groups excluding carboxylic acids is 2. The van der Waals surface area contributed by atoms with Crippen LogP contribution in [0.3, 0.4) is 0 Å². The SMILES string of the molecule is CNC(C)C1CC(=O)NC1=O.[AlH3]. The molecular formula is C7H15AlN2O2. The number of amides is 2. The van der Waals surface area contributed by atoms with Gasteiger partial charge in [-0.25, -0.2) is 0 Å². The summed E-state index contributed by atoms with van der Waals surface area (Å²) < 4.78 is 0. The standard InChI is InChI=1S/C7H12N2O2.Al.3H/c1-4(8-2)5-3-6(10)9-7(5)11;;;;/h4-5,8H,3H2,1-2H3,(H,9,10,11);;;;. The fraction of sp³-hybridized carbons (Fsp3) is 0.714. The van der Waals surface area contributed by atoms with Gasteiger partial charge in [-0.2, -0.15) is 0 Å². The number of rotatable bonds is 2. The topological polar surface area (TPSA) is 58.2 Å². The lowest BCUT2D eigenvalue weighted by Gasteiger charge is -2.13. The Morgan fingerprint density at radius 2 is 2.17 bits per heavy atom. The van der Waals surface area contributed by atoms with E-state index in [1.54, 1.807) is 7.05 Å². The molecule has 0 saturated carbocycles. The van der Waals surface area contributed by atoms with E-state index in [4.69, 9.17) is 0 Å². The Kier molecular flexibility index (Phi) is 4.47. The zero-order valence-corrected chi connectivity index (χ0v) is 6.68. The summed E-state index contributed by atoms with van der Waals surface area (Å²) in [5.41, 5.74) is 0. The van der Waals surface area contributed by atoms with Gasteiger partial charge in [-0.1, -0.05) is 0 Å². The van der Waals surface area contributed by atoms with Crippen molar-refractivity contribution < 1.29 is 9.59 Å². The maximum atomic E-state index is 11.0. The Balaban J connectivity index is 0.00000121. The smallest absolute Gasteiger partial charge is 0.231 e. The highest BCUT2D eigenvalue weighted by Crippen LogP contribution is 2.14. The van der Waals surface area contributed by atoms with Crippen LogP contribution in [0.1, 0.15) is 13.3 Å². The average molecular weight is 186 g/mol. The van der Waals surface area contributed by atoms with Gasteiger partial charge in [0.05, 0.1) is 5.92 Å². The third kappa shape index (κ3) is 2.31. The number of hydrogen-bond acceptors (Lipinski definition) is 3. The third-order valence-electron chi connectivity index (χ3n) is 2.06. The molecule has 1 saturated heterocycles. The van der Waals surface area contributed by atoms with E-state index in [0.717, 1.165) is 0 Å². The first kappa shape index (κ1) is 11.6. The lowest BCUT2D eigenvalue weighted by Crippen LogP contribution is -2.35. The first-order chi connectivity index (χ1) is 5.15. The minimum absolute atomic E-state index is 0. The molecule has 0 aliphatic carbocycles. The first-order valence-electron chi connectivity index (χ1n) is 3.66. The van der Waals surface area contributed by atoms with Crippen LogP contribution in [0.5, 0.6) is 0 Å². The van der Waals surface area contributed by atoms with Gasteiger partial charge in [0.25, 0.3) is 0 Å². The predicted octanol–water partition coefficient (Wildman–Crippen LogP) is -1.93. The van der Waals surface area contributed by atoms with Crippen LogP contribution in [-0.2, 0) is 9.59 Å². The maximum Gasteiger partial charge on any atom is 0.231 e. The van der Waals surface area contributed by atoms with E-state index in [1.165, 1.54) is 0 Å². The largest absolute Gasteiger partial charge is 0.316 e. The van der Waals surface area contributed by atoms with Crippen molar-refractivity contribution in [2.75, 3.05) is 7.05 Å². The summed E-state index contributed by atoms with van der Waals surface area (Å²) in [6.45, 7) is 1.89. The van der Waals surface area contributed by atoms with Crippen molar-refractivity contribution in [3.63, 3.8) is 0 Å². The van der Waals surface area contributed by atoms with Gasteiger partial charge in [0.15, 0.2) is 17.4 Å². The molecule has 1 heterocycles. The number of hydrogen-bond donors (Lipinski definition) is 2. The van der Waals surface area contributed by atoms with Gasteiger partial charge in [0, 0.05) is 12.5 Å². The molecule has 68 valence electrons. The highest BCUT2D eigenvalue weighted by Gasteiger charge is 2.33. The minimum atomic E-state index is -0.188. The molecule has 1 aliphatic rings. The highest BCUT2D eigenvalue weighted by molar-refractivity contribution is 6.03. The normalized spacial score (nSPS) is 24.7. The monoisotopic (exact) mass is 186 g/mol. The van der Waals surface area contributed by atoms with Gasteiger partial charge >= 0.3 is 0 Å². The molecule has 0 aromatic heterocycles. The Bertz CT molecular complexity index is 196. The lowest BCUT2D eigenvalue weighted by molar-refractivity contribution is -0.126. The lowest BCUT2D eigenvalue weighted by atomic mass is 10.0. The van der Waals surface area contributed by atoms with Crippen molar-refractivity contribution in [3.05, 3.63) is 0 Å². The molecule has 1 fully saturated rings. The molecular weight excluding hydrogens is 171 g/mol. The van der Waals surface area contributed by atoms with Crippen molar-refractivity contribution in [2.45, 2.75) is 19.4 Å². The summed E-state index contributed by atoms with van der Waals surface area (Å²) in [6.07, 6.45) is 0.320. The summed E-state index contributed by atoms with van der Waals surface area (Å²) in [5.74, 6) is -0.508. The van der Waals surface area contributed by atoms with Gasteiger partial charge in [-0.3, -0.25) is 14.9 Å². The number of carbonyl (C=O) groups is 2. The summed E-state index contributed by atoms with van der Waals surface area (Å²) in [4.78, 5) is 21.7. The van der Waals surface area contributed by atoms with Crippen molar-refractivity contribution in [1.82, 2.24) is 10.6 Å². The second-order valence-electron chi connectivity index (χ2n) is 2.80. The van der Waals surface area contributed by atoms with Crippen molar-refractivity contribution in [1.29, 1.82) is 0 Å². The van der Waals surface area contributed by atoms with Crippen LogP contribution in [0.15, 0.2) is 0 Å². The van der Waals surface area contributed by atoms with Gasteiger partial charge < -0.3 is 5.32 Å². The van der Waals surface area contributed by atoms with Crippen LogP contribution >= 0.6 is 0 Å². The summed E-state index contributed by atoms with van der Waals surface area (Å²) >= 11 is 0. The minimum Gasteiger partial charge on any atom is -0.316 e. The third-order valence-corrected chi connectivity index (χ3v) is 2.06. The predicted molar refractivity (Wildman–Crippen MR) is 49.7 cm³/mol. The molecule has 2 amide bonds. The van der Waals surface area contributed by atoms with E-state index >= 15 is 0 Å². The van der Waals surface area contributed by atoms with Crippen LogP contribution in [0.2, 0.25) is 0 Å². The summed E-state index contributed by atoms with van der Waals surface area (Å²) in [5, 5.41) is 5.21. The van der Waals surface area contributed by atoms with E-state index in [0.29, 0.717) is 6.42 Å². The molecule has 5 heteroatoms. The molecule has 0 spiro atoms. The zero-order valence-electron chi connectivity index (χ0n) is 6.68. The van der Waals surface area contributed by atoms with Crippen molar-refractivity contribution >= 4 is 29.2 Å². The molecule has 12 heavy (non-hydrogen) atoms. The highest BCUT2D eigenvalue weighted by atomic mass is 27.0. The van der Waals surface area contributed by atoms with Crippen LogP contribution in [0.25, 0.3) is 0 Å². The Hall–Kier alpha value is -0.368. The second kappa shape index (κ2) is 4.61. The van der Waals surface area contributed by atoms with Gasteiger partial charge in [-0.05, 0) is 14.0 Å². The molecule has 1 aliphatic heterocycles. The first-order valence-corrected chi connectivity index (χ1v) is 3.66. The summed E-state index contributed by atoms with van der Waals surface area (Å²) in [7, 11) is 1.78. The molecule has 0 radical (unpaired) electrons. The van der Waals surface area contributed by atoms with E-state index in [2.05, 4.69) is 10.6 Å². The molecule has 2 unspecified atom stereocenters. The number of imide groups is 1. The average Bonchev–Trinajstić information content (AvgIpc) is 2.28. The number of nitrogens with one attached hydrogen (secondary N) is 2. The molecule has 1 rings (SSSR count). The van der Waals surface area contributed by atoms with Crippen LogP contribution in [0.4, 0.5) is 0 Å². The Morgan fingerprint density at radius 1 is 1.58 bits per heavy atom. The molecule has 2 N–H and O–H groups in total. The van der Waals surface area contributed by atoms with E-state index < -0.39 is 0 Å². The van der Waals surface area contributed by atoms with Crippen LogP contribution in [-0.4, -0.2) is 42.3 Å².